The van der Waals surface area contributed by atoms with Crippen molar-refractivity contribution < 1.29 is 13.6 Å². The normalized spacial score (nSPS) is 12.4. The van der Waals surface area contributed by atoms with Crippen LogP contribution in [-0.4, -0.2) is 11.9 Å². The Kier molecular flexibility index (Phi) is 3.64. The number of hydrogen-bond acceptors (Lipinski definition) is 3. The van der Waals surface area contributed by atoms with Crippen molar-refractivity contribution in [2.45, 2.75) is 26.3 Å². The van der Waals surface area contributed by atoms with Crippen molar-refractivity contribution in [1.82, 2.24) is 5.32 Å². The molecule has 1 aromatic carbocycles. The molecule has 2 rings (SSSR count). The van der Waals surface area contributed by atoms with Crippen molar-refractivity contribution in [3.63, 3.8) is 0 Å². The molecule has 1 amide bonds. The summed E-state index contributed by atoms with van der Waals surface area (Å²) in [4.78, 5) is 23.6. The summed E-state index contributed by atoms with van der Waals surface area (Å²) < 4.78 is 18.3. The molecule has 5 heteroatoms. The number of fused-ring (bicyclic) bond motifs is 1. The van der Waals surface area contributed by atoms with Gasteiger partial charge in [0.25, 0.3) is 5.91 Å². The van der Waals surface area contributed by atoms with Crippen molar-refractivity contribution in [2.75, 3.05) is 0 Å². The Balaban J connectivity index is 2.48. The lowest BCUT2D eigenvalue weighted by Gasteiger charge is -2.10. The fourth-order valence-electron chi connectivity index (χ4n) is 1.67. The molecule has 0 radical (unpaired) electrons. The third kappa shape index (κ3) is 2.65. The zero-order valence-corrected chi connectivity index (χ0v) is 10.7. The molecule has 0 spiro atoms. The Hall–Kier alpha value is -2.17. The number of rotatable bonds is 3. The molecule has 0 aliphatic carbocycles. The molecule has 1 N–H and O–H groups in total. The fourth-order valence-corrected chi connectivity index (χ4v) is 1.67. The molecule has 0 fully saturated rings. The summed E-state index contributed by atoms with van der Waals surface area (Å²) in [5.41, 5.74) is -1.08. The third-order valence-electron chi connectivity index (χ3n) is 2.95. The van der Waals surface area contributed by atoms with Crippen LogP contribution < -0.4 is 10.9 Å². The Bertz CT molecular complexity index is 678. The summed E-state index contributed by atoms with van der Waals surface area (Å²) in [7, 11) is 0. The summed E-state index contributed by atoms with van der Waals surface area (Å²) in [5, 5.41) is 3.06. The Morgan fingerprint density at radius 3 is 2.89 bits per heavy atom. The molecule has 1 atom stereocenters. The van der Waals surface area contributed by atoms with E-state index in [0.29, 0.717) is 5.39 Å². The van der Waals surface area contributed by atoms with Gasteiger partial charge in [-0.25, -0.2) is 9.18 Å². The Labute approximate surface area is 109 Å². The van der Waals surface area contributed by atoms with E-state index >= 15 is 0 Å². The molecule has 1 unspecified atom stereocenters. The number of carbonyl (C=O) groups excluding carboxylic acids is 1. The highest BCUT2D eigenvalue weighted by molar-refractivity contribution is 5.96. The van der Waals surface area contributed by atoms with Crippen LogP contribution in [0.2, 0.25) is 0 Å². The summed E-state index contributed by atoms with van der Waals surface area (Å²) in [6, 6.07) is 5.58. The maximum absolute atomic E-state index is 13.4. The predicted octanol–water partition coefficient (Wildman–Crippen LogP) is 2.46. The van der Waals surface area contributed by atoms with E-state index in [1.807, 2.05) is 13.8 Å². The van der Waals surface area contributed by atoms with E-state index in [2.05, 4.69) is 5.32 Å². The number of halogens is 1. The number of para-hydroxylation sites is 1. The number of benzene rings is 1. The lowest BCUT2D eigenvalue weighted by atomic mass is 10.1. The highest BCUT2D eigenvalue weighted by atomic mass is 19.1. The van der Waals surface area contributed by atoms with Crippen LogP contribution in [0.5, 0.6) is 0 Å². The first kappa shape index (κ1) is 13.3. The Morgan fingerprint density at radius 1 is 1.47 bits per heavy atom. The zero-order valence-electron chi connectivity index (χ0n) is 10.7. The highest BCUT2D eigenvalue weighted by Crippen LogP contribution is 2.16. The van der Waals surface area contributed by atoms with Crippen LogP contribution in [0.15, 0.2) is 33.5 Å². The van der Waals surface area contributed by atoms with Gasteiger partial charge in [0.15, 0.2) is 11.4 Å². The van der Waals surface area contributed by atoms with Crippen molar-refractivity contribution in [2.24, 2.45) is 0 Å². The average Bonchev–Trinajstić information content (AvgIpc) is 2.39. The minimum atomic E-state index is -0.835. The van der Waals surface area contributed by atoms with Gasteiger partial charge in [-0.2, -0.15) is 0 Å². The zero-order chi connectivity index (χ0) is 14.0. The molecule has 2 aromatic rings. The quantitative estimate of drug-likeness (QED) is 0.865. The van der Waals surface area contributed by atoms with Gasteiger partial charge in [-0.15, -0.1) is 0 Å². The molecule has 0 bridgehead atoms. The second kappa shape index (κ2) is 5.22. The van der Waals surface area contributed by atoms with Gasteiger partial charge in [-0.1, -0.05) is 19.1 Å². The van der Waals surface area contributed by atoms with Crippen LogP contribution in [0, 0.1) is 5.82 Å². The number of carbonyl (C=O) groups is 1. The molecular weight excluding hydrogens is 249 g/mol. The number of hydrogen-bond donors (Lipinski definition) is 1. The average molecular weight is 263 g/mol. The van der Waals surface area contributed by atoms with E-state index < -0.39 is 17.3 Å². The minimum absolute atomic E-state index is 0.0462. The molecular formula is C14H14FNO3. The molecule has 19 heavy (non-hydrogen) atoms. The lowest BCUT2D eigenvalue weighted by Crippen LogP contribution is -2.34. The molecule has 1 aromatic heterocycles. The lowest BCUT2D eigenvalue weighted by molar-refractivity contribution is 0.0935. The van der Waals surface area contributed by atoms with Crippen molar-refractivity contribution >= 4 is 16.9 Å². The van der Waals surface area contributed by atoms with Gasteiger partial charge in [0.05, 0.1) is 0 Å². The summed E-state index contributed by atoms with van der Waals surface area (Å²) in [6.45, 7) is 3.75. The van der Waals surface area contributed by atoms with E-state index in [1.54, 1.807) is 6.07 Å². The van der Waals surface area contributed by atoms with Gasteiger partial charge in [-0.05, 0) is 25.5 Å². The molecule has 1 heterocycles. The standard InChI is InChI=1S/C14H14FNO3/c1-3-8(2)16-13(17)10-7-9-5-4-6-11(15)12(9)19-14(10)18/h4-8H,3H2,1-2H3,(H,16,17). The van der Waals surface area contributed by atoms with Crippen LogP contribution in [0.1, 0.15) is 30.6 Å². The van der Waals surface area contributed by atoms with Gasteiger partial charge in [0, 0.05) is 11.4 Å². The SMILES string of the molecule is CCC(C)NC(=O)c1cc2cccc(F)c2oc1=O. The van der Waals surface area contributed by atoms with Crippen LogP contribution >= 0.6 is 0 Å². The first-order chi connectivity index (χ1) is 9.02. The maximum atomic E-state index is 13.4. The van der Waals surface area contributed by atoms with Gasteiger partial charge < -0.3 is 9.73 Å². The third-order valence-corrected chi connectivity index (χ3v) is 2.95. The van der Waals surface area contributed by atoms with Crippen LogP contribution in [0.3, 0.4) is 0 Å². The highest BCUT2D eigenvalue weighted by Gasteiger charge is 2.16. The molecule has 0 saturated carbocycles. The summed E-state index contributed by atoms with van der Waals surface area (Å²) >= 11 is 0. The number of nitrogens with one attached hydrogen (secondary N) is 1. The van der Waals surface area contributed by atoms with E-state index in [9.17, 15) is 14.0 Å². The predicted molar refractivity (Wildman–Crippen MR) is 69.7 cm³/mol. The van der Waals surface area contributed by atoms with E-state index in [-0.39, 0.29) is 17.2 Å². The minimum Gasteiger partial charge on any atom is -0.419 e. The van der Waals surface area contributed by atoms with Crippen molar-refractivity contribution in [3.05, 3.63) is 46.1 Å². The summed E-state index contributed by atoms with van der Waals surface area (Å²) in [6.07, 6.45) is 0.749. The number of amides is 1. The second-order valence-electron chi connectivity index (χ2n) is 4.39. The largest absolute Gasteiger partial charge is 0.419 e. The van der Waals surface area contributed by atoms with Crippen LogP contribution in [-0.2, 0) is 0 Å². The van der Waals surface area contributed by atoms with Gasteiger partial charge in [-0.3, -0.25) is 4.79 Å². The molecule has 100 valence electrons. The monoisotopic (exact) mass is 263 g/mol. The molecule has 4 nitrogen and oxygen atoms in total. The maximum Gasteiger partial charge on any atom is 0.349 e. The first-order valence-corrected chi connectivity index (χ1v) is 6.06. The van der Waals surface area contributed by atoms with Crippen molar-refractivity contribution in [1.29, 1.82) is 0 Å². The van der Waals surface area contributed by atoms with E-state index in [4.69, 9.17) is 4.42 Å². The van der Waals surface area contributed by atoms with Gasteiger partial charge in [0.1, 0.15) is 5.56 Å². The molecule has 0 aliphatic rings. The van der Waals surface area contributed by atoms with Crippen LogP contribution in [0.4, 0.5) is 4.39 Å². The van der Waals surface area contributed by atoms with Gasteiger partial charge in [0.2, 0.25) is 0 Å². The second-order valence-corrected chi connectivity index (χ2v) is 4.39. The van der Waals surface area contributed by atoms with E-state index in [0.717, 1.165) is 6.42 Å². The van der Waals surface area contributed by atoms with E-state index in [1.165, 1.54) is 18.2 Å². The first-order valence-electron chi connectivity index (χ1n) is 6.06. The van der Waals surface area contributed by atoms with Gasteiger partial charge >= 0.3 is 5.63 Å². The molecule has 0 aliphatic heterocycles. The van der Waals surface area contributed by atoms with Crippen molar-refractivity contribution in [3.8, 4) is 0 Å². The topological polar surface area (TPSA) is 59.3 Å². The Morgan fingerprint density at radius 2 is 2.21 bits per heavy atom. The van der Waals surface area contributed by atoms with Crippen LogP contribution in [0.25, 0.3) is 11.0 Å². The summed E-state index contributed by atoms with van der Waals surface area (Å²) in [5.74, 6) is -1.13. The fraction of sp³-hybridized carbons (Fsp3) is 0.286. The smallest absolute Gasteiger partial charge is 0.349 e. The molecule has 0 saturated heterocycles.